The Morgan fingerprint density at radius 2 is 1.78 bits per heavy atom. The molecule has 7 nitrogen and oxygen atoms in total. The second kappa shape index (κ2) is 10.6. The zero-order valence-corrected chi connectivity index (χ0v) is 19.2. The molecule has 0 spiro atoms. The van der Waals surface area contributed by atoms with Crippen LogP contribution in [0.4, 0.5) is 5.82 Å². The quantitative estimate of drug-likeness (QED) is 0.528. The van der Waals surface area contributed by atoms with E-state index in [0.29, 0.717) is 41.2 Å². The van der Waals surface area contributed by atoms with Gasteiger partial charge in [0.2, 0.25) is 11.8 Å². The van der Waals surface area contributed by atoms with Crippen LogP contribution in [0.25, 0.3) is 0 Å². The number of rotatable bonds is 7. The van der Waals surface area contributed by atoms with E-state index in [-0.39, 0.29) is 11.8 Å². The zero-order chi connectivity index (χ0) is 22.5. The predicted molar refractivity (Wildman–Crippen MR) is 125 cm³/mol. The van der Waals surface area contributed by atoms with Crippen LogP contribution in [-0.4, -0.2) is 25.5 Å². The third-order valence-corrected chi connectivity index (χ3v) is 7.29. The van der Waals surface area contributed by atoms with Crippen LogP contribution >= 0.6 is 11.6 Å². The van der Waals surface area contributed by atoms with Crippen LogP contribution in [0.5, 0.6) is 5.88 Å². The minimum atomic E-state index is -0.792. The third kappa shape index (κ3) is 5.55. The number of anilines is 1. The van der Waals surface area contributed by atoms with Crippen molar-refractivity contribution >= 4 is 23.3 Å². The molecule has 1 atom stereocenters. The van der Waals surface area contributed by atoms with Crippen LogP contribution < -0.4 is 11.0 Å². The second-order valence-electron chi connectivity index (χ2n) is 9.42. The second-order valence-corrected chi connectivity index (χ2v) is 9.85. The Kier molecular flexibility index (Phi) is 7.55. The Hall–Kier alpha value is -2.28. The van der Waals surface area contributed by atoms with Gasteiger partial charge in [0.1, 0.15) is 11.9 Å². The maximum absolute atomic E-state index is 13.3. The molecule has 2 aromatic heterocycles. The summed E-state index contributed by atoms with van der Waals surface area (Å²) in [4.78, 5) is 33.2. The van der Waals surface area contributed by atoms with Crippen LogP contribution in [0.1, 0.15) is 82.4 Å². The molecule has 0 unspecified atom stereocenters. The molecule has 0 aromatic carbocycles. The molecule has 2 aliphatic carbocycles. The molecule has 1 amide bonds. The Labute approximate surface area is 193 Å². The number of H-pyrrole nitrogens is 1. The molecule has 3 N–H and O–H groups in total. The highest BCUT2D eigenvalue weighted by molar-refractivity contribution is 6.30. The zero-order valence-electron chi connectivity index (χ0n) is 18.5. The van der Waals surface area contributed by atoms with Gasteiger partial charge in [-0.3, -0.25) is 9.36 Å². The van der Waals surface area contributed by atoms with Gasteiger partial charge in [0.05, 0.1) is 10.7 Å². The molecule has 174 valence electrons. The number of hydrogen-bond acceptors (Lipinski definition) is 4. The number of carbonyl (C=O) groups excluding carboxylic acids is 1. The highest BCUT2D eigenvalue weighted by Gasteiger charge is 2.31. The van der Waals surface area contributed by atoms with Gasteiger partial charge in [-0.1, -0.05) is 75.8 Å². The minimum absolute atomic E-state index is 0.0967. The number of nitrogens with zero attached hydrogens (tertiary/aromatic N) is 2. The van der Waals surface area contributed by atoms with Gasteiger partial charge < -0.3 is 15.4 Å². The Morgan fingerprint density at radius 1 is 1.12 bits per heavy atom. The van der Waals surface area contributed by atoms with Crippen molar-refractivity contribution in [3.63, 3.8) is 0 Å². The van der Waals surface area contributed by atoms with Gasteiger partial charge in [0, 0.05) is 6.20 Å². The summed E-state index contributed by atoms with van der Waals surface area (Å²) in [7, 11) is 0. The fourth-order valence-corrected chi connectivity index (χ4v) is 5.44. The summed E-state index contributed by atoms with van der Waals surface area (Å²) in [6.45, 7) is 0. The van der Waals surface area contributed by atoms with Gasteiger partial charge in [0.25, 0.3) is 0 Å². The SMILES string of the molecule is O=C(Nc1ccc(Cl)cn1)[C@H](CC1CCCCC1)n1c(O)c(CC2CCCCC2)[nH]c1=O. The van der Waals surface area contributed by atoms with E-state index in [1.165, 1.54) is 36.4 Å². The summed E-state index contributed by atoms with van der Waals surface area (Å²) in [5.74, 6) is 0.746. The monoisotopic (exact) mass is 460 g/mol. The van der Waals surface area contributed by atoms with E-state index in [4.69, 9.17) is 11.6 Å². The maximum Gasteiger partial charge on any atom is 0.329 e. The average molecular weight is 461 g/mol. The number of imidazole rings is 1. The lowest BCUT2D eigenvalue weighted by molar-refractivity contribution is -0.120. The van der Waals surface area contributed by atoms with Gasteiger partial charge in [0.15, 0.2) is 0 Å². The smallest absolute Gasteiger partial charge is 0.329 e. The molecule has 8 heteroatoms. The average Bonchev–Trinajstić information content (AvgIpc) is 3.07. The van der Waals surface area contributed by atoms with Crippen LogP contribution in [0.3, 0.4) is 0 Å². The first-order valence-electron chi connectivity index (χ1n) is 12.0. The summed E-state index contributed by atoms with van der Waals surface area (Å²) in [5.41, 5.74) is 0.126. The molecule has 2 fully saturated rings. The first-order chi connectivity index (χ1) is 15.5. The molecule has 2 saturated carbocycles. The summed E-state index contributed by atoms with van der Waals surface area (Å²) in [6.07, 6.45) is 14.1. The Bertz CT molecular complexity index is 957. The summed E-state index contributed by atoms with van der Waals surface area (Å²) in [6, 6.07) is 2.49. The fraction of sp³-hybridized carbons (Fsp3) is 0.625. The van der Waals surface area contributed by atoms with Crippen molar-refractivity contribution in [3.8, 4) is 5.88 Å². The molecule has 0 bridgehead atoms. The molecule has 2 aliphatic rings. The number of hydrogen-bond donors (Lipinski definition) is 3. The lowest BCUT2D eigenvalue weighted by Gasteiger charge is -2.26. The van der Waals surface area contributed by atoms with Crippen molar-refractivity contribution < 1.29 is 9.90 Å². The summed E-state index contributed by atoms with van der Waals surface area (Å²) >= 11 is 5.90. The molecule has 0 aliphatic heterocycles. The van der Waals surface area contributed by atoms with Crippen molar-refractivity contribution in [2.24, 2.45) is 11.8 Å². The van der Waals surface area contributed by atoms with Gasteiger partial charge in [-0.15, -0.1) is 0 Å². The van der Waals surface area contributed by atoms with Gasteiger partial charge >= 0.3 is 5.69 Å². The minimum Gasteiger partial charge on any atom is -0.493 e. The van der Waals surface area contributed by atoms with E-state index in [0.717, 1.165) is 38.5 Å². The van der Waals surface area contributed by atoms with E-state index < -0.39 is 11.7 Å². The number of halogens is 1. The van der Waals surface area contributed by atoms with Crippen LogP contribution in [-0.2, 0) is 11.2 Å². The first-order valence-corrected chi connectivity index (χ1v) is 12.3. The lowest BCUT2D eigenvalue weighted by Crippen LogP contribution is -2.34. The first kappa shape index (κ1) is 22.9. The highest BCUT2D eigenvalue weighted by Crippen LogP contribution is 2.34. The molecular formula is C24H33ClN4O3. The van der Waals surface area contributed by atoms with Crippen molar-refractivity contribution in [3.05, 3.63) is 39.5 Å². The third-order valence-electron chi connectivity index (χ3n) is 7.07. The Balaban J connectivity index is 1.58. The number of aromatic hydroxyl groups is 1. The van der Waals surface area contributed by atoms with E-state index in [9.17, 15) is 14.7 Å². The molecular weight excluding hydrogens is 428 g/mol. The van der Waals surface area contributed by atoms with Gasteiger partial charge in [-0.25, -0.2) is 9.78 Å². The number of aromatic nitrogens is 3. The van der Waals surface area contributed by atoms with Crippen molar-refractivity contribution in [2.75, 3.05) is 5.32 Å². The summed E-state index contributed by atoms with van der Waals surface area (Å²) in [5, 5.41) is 14.3. The molecule has 4 rings (SSSR count). The predicted octanol–water partition coefficient (Wildman–Crippen LogP) is 5.20. The maximum atomic E-state index is 13.3. The van der Waals surface area contributed by atoms with Crippen molar-refractivity contribution in [1.82, 2.24) is 14.5 Å². The van der Waals surface area contributed by atoms with Gasteiger partial charge in [-0.2, -0.15) is 0 Å². The number of amides is 1. The van der Waals surface area contributed by atoms with E-state index in [2.05, 4.69) is 15.3 Å². The topological polar surface area (TPSA) is 100 Å². The Morgan fingerprint density at radius 3 is 2.41 bits per heavy atom. The molecule has 0 saturated heterocycles. The normalized spacial score (nSPS) is 19.0. The van der Waals surface area contributed by atoms with Crippen LogP contribution in [0, 0.1) is 11.8 Å². The molecule has 32 heavy (non-hydrogen) atoms. The molecule has 2 aromatic rings. The standard InChI is InChI=1S/C24H33ClN4O3/c25-18-11-12-21(26-15-18)28-22(30)20(14-17-9-5-2-6-10-17)29-23(31)19(27-24(29)32)13-16-7-3-1-4-8-16/h11-12,15-17,20,31H,1-10,13-14H2,(H,27,32)(H,26,28,30)/t20-/m0/s1. The van der Waals surface area contributed by atoms with E-state index in [1.807, 2.05) is 0 Å². The van der Waals surface area contributed by atoms with E-state index >= 15 is 0 Å². The number of carbonyl (C=O) groups is 1. The molecule has 2 heterocycles. The number of nitrogens with one attached hydrogen (secondary N) is 2. The fourth-order valence-electron chi connectivity index (χ4n) is 5.33. The summed E-state index contributed by atoms with van der Waals surface area (Å²) < 4.78 is 1.26. The highest BCUT2D eigenvalue weighted by atomic mass is 35.5. The molecule has 0 radical (unpaired) electrons. The number of aromatic amines is 1. The van der Waals surface area contributed by atoms with Gasteiger partial charge in [-0.05, 0) is 36.8 Å². The van der Waals surface area contributed by atoms with Crippen molar-refractivity contribution in [2.45, 2.75) is 83.1 Å². The van der Waals surface area contributed by atoms with Crippen LogP contribution in [0.2, 0.25) is 5.02 Å². The van der Waals surface area contributed by atoms with Crippen LogP contribution in [0.15, 0.2) is 23.1 Å². The largest absolute Gasteiger partial charge is 0.493 e. The number of pyridine rings is 1. The van der Waals surface area contributed by atoms with E-state index in [1.54, 1.807) is 12.1 Å². The van der Waals surface area contributed by atoms with Crippen molar-refractivity contribution in [1.29, 1.82) is 0 Å². The lowest BCUT2D eigenvalue weighted by atomic mass is 9.84.